The Bertz CT molecular complexity index is 285. The number of nitrogens with two attached hydrogens (primary N) is 1. The maximum Gasteiger partial charge on any atom is 0.268 e. The summed E-state index contributed by atoms with van der Waals surface area (Å²) in [6, 6.07) is -0.225. The van der Waals surface area contributed by atoms with Crippen molar-refractivity contribution < 1.29 is 13.6 Å². The molecule has 0 saturated carbocycles. The quantitative estimate of drug-likeness (QED) is 0.656. The minimum atomic E-state index is -2.97. The van der Waals surface area contributed by atoms with Gasteiger partial charge in [0, 0.05) is 6.42 Å². The molecule has 14 heavy (non-hydrogen) atoms. The lowest BCUT2D eigenvalue weighted by molar-refractivity contribution is -0.133. The van der Waals surface area contributed by atoms with E-state index in [0.29, 0.717) is 0 Å². The van der Waals surface area contributed by atoms with Crippen LogP contribution in [0.5, 0.6) is 0 Å². The van der Waals surface area contributed by atoms with Crippen LogP contribution < -0.4 is 5.73 Å². The van der Waals surface area contributed by atoms with E-state index in [-0.39, 0.29) is 0 Å². The van der Waals surface area contributed by atoms with Crippen LogP contribution in [0.4, 0.5) is 8.78 Å². The molecular formula is C8H11F2N3O. The Balaban J connectivity index is 2.80. The number of halogens is 2. The van der Waals surface area contributed by atoms with Crippen molar-refractivity contribution in [3.8, 4) is 6.07 Å². The van der Waals surface area contributed by atoms with Gasteiger partial charge >= 0.3 is 0 Å². The fourth-order valence-electron chi connectivity index (χ4n) is 1.43. The molecule has 0 aromatic rings. The van der Waals surface area contributed by atoms with Crippen molar-refractivity contribution >= 4 is 5.91 Å². The van der Waals surface area contributed by atoms with Gasteiger partial charge < -0.3 is 10.6 Å². The summed E-state index contributed by atoms with van der Waals surface area (Å²) in [4.78, 5) is 12.2. The van der Waals surface area contributed by atoms with Crippen LogP contribution >= 0.6 is 0 Å². The molecule has 1 saturated heterocycles. The fourth-order valence-corrected chi connectivity index (χ4v) is 1.43. The number of likely N-dealkylation sites (tertiary alicyclic amines) is 1. The van der Waals surface area contributed by atoms with Crippen LogP contribution in [-0.2, 0) is 4.79 Å². The molecule has 6 heteroatoms. The fraction of sp³-hybridized carbons (Fsp3) is 0.750. The molecule has 1 aliphatic rings. The number of nitrogens with zero attached hydrogens (tertiary/aromatic N) is 2. The Kier molecular flexibility index (Phi) is 2.71. The van der Waals surface area contributed by atoms with Gasteiger partial charge in [-0.2, -0.15) is 5.26 Å². The molecule has 0 radical (unpaired) electrons. The van der Waals surface area contributed by atoms with Crippen molar-refractivity contribution in [3.63, 3.8) is 0 Å². The summed E-state index contributed by atoms with van der Waals surface area (Å²) in [7, 11) is 0. The summed E-state index contributed by atoms with van der Waals surface area (Å²) in [5, 5.41) is 8.58. The Morgan fingerprint density at radius 2 is 2.36 bits per heavy atom. The number of nitriles is 1. The Morgan fingerprint density at radius 3 is 2.79 bits per heavy atom. The first-order valence-corrected chi connectivity index (χ1v) is 4.21. The van der Waals surface area contributed by atoms with E-state index in [0.717, 1.165) is 4.90 Å². The number of rotatable bonds is 1. The Hall–Kier alpha value is -1.22. The molecule has 1 amide bonds. The summed E-state index contributed by atoms with van der Waals surface area (Å²) in [5.41, 5.74) is 5.28. The average molecular weight is 203 g/mol. The van der Waals surface area contributed by atoms with E-state index in [1.807, 2.05) is 0 Å². The third-order valence-electron chi connectivity index (χ3n) is 2.09. The van der Waals surface area contributed by atoms with E-state index >= 15 is 0 Å². The molecular weight excluding hydrogens is 192 g/mol. The predicted octanol–water partition coefficient (Wildman–Crippen LogP) is 0.0934. The second-order valence-corrected chi connectivity index (χ2v) is 3.46. The van der Waals surface area contributed by atoms with E-state index in [1.165, 1.54) is 6.92 Å². The van der Waals surface area contributed by atoms with Crippen LogP contribution in [-0.4, -0.2) is 35.4 Å². The zero-order valence-electron chi connectivity index (χ0n) is 7.70. The average Bonchev–Trinajstić information content (AvgIpc) is 2.39. The van der Waals surface area contributed by atoms with Crippen molar-refractivity contribution in [1.29, 1.82) is 5.26 Å². The summed E-state index contributed by atoms with van der Waals surface area (Å²) in [5.74, 6) is -3.57. The first-order valence-electron chi connectivity index (χ1n) is 4.21. The maximum atomic E-state index is 12.9. The molecule has 0 spiro atoms. The smallest absolute Gasteiger partial charge is 0.268 e. The lowest BCUT2D eigenvalue weighted by Crippen LogP contribution is -2.44. The molecule has 4 nitrogen and oxygen atoms in total. The summed E-state index contributed by atoms with van der Waals surface area (Å²) in [6.07, 6.45) is -0.595. The van der Waals surface area contributed by atoms with Gasteiger partial charge in [0.15, 0.2) is 0 Å². The van der Waals surface area contributed by atoms with Gasteiger partial charge in [-0.05, 0) is 6.92 Å². The molecule has 1 aliphatic heterocycles. The number of amides is 1. The molecule has 2 N–H and O–H groups in total. The zero-order valence-corrected chi connectivity index (χ0v) is 7.70. The largest absolute Gasteiger partial charge is 0.320 e. The van der Waals surface area contributed by atoms with Crippen molar-refractivity contribution in [2.45, 2.75) is 31.4 Å². The standard InChI is InChI=1S/C8H11F2N3O/c1-5(12)7(14)13-4-8(9,10)2-6(13)3-11/h5-6H,2,4,12H2,1H3/t5-,6+/m1/s1. The highest BCUT2D eigenvalue weighted by Gasteiger charge is 2.47. The van der Waals surface area contributed by atoms with Gasteiger partial charge in [-0.15, -0.1) is 0 Å². The van der Waals surface area contributed by atoms with E-state index in [1.54, 1.807) is 6.07 Å². The first kappa shape index (κ1) is 10.9. The minimum Gasteiger partial charge on any atom is -0.320 e. The molecule has 1 fully saturated rings. The Morgan fingerprint density at radius 1 is 1.79 bits per heavy atom. The zero-order chi connectivity index (χ0) is 10.9. The monoisotopic (exact) mass is 203 g/mol. The number of hydrogen-bond donors (Lipinski definition) is 1. The van der Waals surface area contributed by atoms with E-state index < -0.39 is 36.9 Å². The molecule has 1 rings (SSSR count). The van der Waals surface area contributed by atoms with Gasteiger partial charge in [-0.25, -0.2) is 8.78 Å². The summed E-state index contributed by atoms with van der Waals surface area (Å²) in [6.45, 7) is 0.707. The highest BCUT2D eigenvalue weighted by molar-refractivity contribution is 5.82. The van der Waals surface area contributed by atoms with Gasteiger partial charge in [-0.3, -0.25) is 4.79 Å². The molecule has 78 valence electrons. The number of carbonyl (C=O) groups is 1. The van der Waals surface area contributed by atoms with Crippen LogP contribution in [0, 0.1) is 11.3 Å². The molecule has 0 unspecified atom stereocenters. The normalized spacial score (nSPS) is 27.1. The Labute approximate surface area is 80.3 Å². The van der Waals surface area contributed by atoms with Crippen LogP contribution in [0.1, 0.15) is 13.3 Å². The molecule has 0 bridgehead atoms. The molecule has 0 aromatic heterocycles. The number of carbonyl (C=O) groups excluding carboxylic acids is 1. The van der Waals surface area contributed by atoms with Gasteiger partial charge in [-0.1, -0.05) is 0 Å². The maximum absolute atomic E-state index is 12.9. The van der Waals surface area contributed by atoms with Crippen LogP contribution in [0.2, 0.25) is 0 Å². The SMILES string of the molecule is C[C@@H](N)C(=O)N1CC(F)(F)C[C@H]1C#N. The third kappa shape index (κ3) is 1.99. The number of hydrogen-bond acceptors (Lipinski definition) is 3. The minimum absolute atomic E-state index is 0.595. The van der Waals surface area contributed by atoms with Crippen molar-refractivity contribution in [2.75, 3.05) is 6.54 Å². The second-order valence-electron chi connectivity index (χ2n) is 3.46. The van der Waals surface area contributed by atoms with Crippen molar-refractivity contribution in [2.24, 2.45) is 5.73 Å². The first-order chi connectivity index (χ1) is 6.37. The van der Waals surface area contributed by atoms with Gasteiger partial charge in [0.2, 0.25) is 5.91 Å². The molecule has 1 heterocycles. The topological polar surface area (TPSA) is 70.1 Å². The summed E-state index contributed by atoms with van der Waals surface area (Å²) < 4.78 is 25.7. The third-order valence-corrected chi connectivity index (χ3v) is 2.09. The van der Waals surface area contributed by atoms with Crippen molar-refractivity contribution in [3.05, 3.63) is 0 Å². The van der Waals surface area contributed by atoms with Gasteiger partial charge in [0.05, 0.1) is 18.7 Å². The highest BCUT2D eigenvalue weighted by Crippen LogP contribution is 2.31. The number of alkyl halides is 2. The van der Waals surface area contributed by atoms with Gasteiger partial charge in [0.25, 0.3) is 5.92 Å². The highest BCUT2D eigenvalue weighted by atomic mass is 19.3. The van der Waals surface area contributed by atoms with E-state index in [4.69, 9.17) is 11.0 Å². The predicted molar refractivity (Wildman–Crippen MR) is 44.3 cm³/mol. The lowest BCUT2D eigenvalue weighted by atomic mass is 10.2. The van der Waals surface area contributed by atoms with Crippen LogP contribution in [0.25, 0.3) is 0 Å². The molecule has 0 aliphatic carbocycles. The lowest BCUT2D eigenvalue weighted by Gasteiger charge is -2.20. The van der Waals surface area contributed by atoms with Crippen LogP contribution in [0.15, 0.2) is 0 Å². The summed E-state index contributed by atoms with van der Waals surface area (Å²) >= 11 is 0. The van der Waals surface area contributed by atoms with E-state index in [2.05, 4.69) is 0 Å². The molecule has 2 atom stereocenters. The second kappa shape index (κ2) is 3.50. The van der Waals surface area contributed by atoms with Crippen molar-refractivity contribution in [1.82, 2.24) is 4.90 Å². The molecule has 0 aromatic carbocycles. The van der Waals surface area contributed by atoms with Crippen LogP contribution in [0.3, 0.4) is 0 Å². The van der Waals surface area contributed by atoms with E-state index in [9.17, 15) is 13.6 Å². The van der Waals surface area contributed by atoms with Gasteiger partial charge in [0.1, 0.15) is 6.04 Å².